The van der Waals surface area contributed by atoms with Crippen LogP contribution in [-0.4, -0.2) is 51.2 Å². The zero-order chi connectivity index (χ0) is 26.4. The number of rotatable bonds is 11. The Balaban J connectivity index is 1.48. The van der Waals surface area contributed by atoms with Gasteiger partial charge in [0.05, 0.1) is 20.0 Å². The number of anilines is 1. The van der Waals surface area contributed by atoms with Gasteiger partial charge in [0.15, 0.2) is 5.16 Å². The SMILES string of the molecule is C=CCn1c(Cc2cccn2C)nnc1SCC(=O)Nc1scc(-c2ccc(OC)cc2)c1C(=O)OC. The van der Waals surface area contributed by atoms with Gasteiger partial charge in [-0.15, -0.1) is 28.1 Å². The van der Waals surface area contributed by atoms with Crippen molar-refractivity contribution in [3.8, 4) is 16.9 Å². The summed E-state index contributed by atoms with van der Waals surface area (Å²) in [6.45, 7) is 4.36. The highest BCUT2D eigenvalue weighted by atomic mass is 32.2. The van der Waals surface area contributed by atoms with Crippen molar-refractivity contribution in [2.24, 2.45) is 7.05 Å². The van der Waals surface area contributed by atoms with Crippen LogP contribution in [0.4, 0.5) is 5.00 Å². The Morgan fingerprint density at radius 1 is 1.19 bits per heavy atom. The number of benzene rings is 1. The smallest absolute Gasteiger partial charge is 0.341 e. The second-order valence-electron chi connectivity index (χ2n) is 8.00. The minimum Gasteiger partial charge on any atom is -0.497 e. The lowest BCUT2D eigenvalue weighted by Gasteiger charge is -2.09. The Kier molecular flexibility index (Phi) is 8.47. The summed E-state index contributed by atoms with van der Waals surface area (Å²) in [6, 6.07) is 11.4. The van der Waals surface area contributed by atoms with Crippen molar-refractivity contribution in [2.45, 2.75) is 18.1 Å². The zero-order valence-electron chi connectivity index (χ0n) is 20.8. The number of nitrogens with zero attached hydrogens (tertiary/aromatic N) is 4. The molecule has 192 valence electrons. The van der Waals surface area contributed by atoms with Gasteiger partial charge in [-0.2, -0.15) is 0 Å². The van der Waals surface area contributed by atoms with Crippen LogP contribution in [-0.2, 0) is 29.5 Å². The van der Waals surface area contributed by atoms with Gasteiger partial charge in [0.1, 0.15) is 22.1 Å². The molecule has 0 saturated carbocycles. The lowest BCUT2D eigenvalue weighted by atomic mass is 10.0. The van der Waals surface area contributed by atoms with Crippen LogP contribution in [0.1, 0.15) is 21.9 Å². The first-order chi connectivity index (χ1) is 17.9. The van der Waals surface area contributed by atoms with E-state index < -0.39 is 5.97 Å². The molecule has 4 rings (SSSR count). The lowest BCUT2D eigenvalue weighted by Crippen LogP contribution is -2.16. The number of thioether (sulfide) groups is 1. The first-order valence-corrected chi connectivity index (χ1v) is 13.2. The molecule has 0 fully saturated rings. The Bertz CT molecular complexity index is 1400. The molecule has 3 aromatic heterocycles. The van der Waals surface area contributed by atoms with Gasteiger partial charge in [0.2, 0.25) is 5.91 Å². The number of ether oxygens (including phenoxy) is 2. The van der Waals surface area contributed by atoms with Crippen LogP contribution in [0, 0.1) is 0 Å². The molecule has 9 nitrogen and oxygen atoms in total. The van der Waals surface area contributed by atoms with E-state index >= 15 is 0 Å². The number of nitrogens with one attached hydrogen (secondary N) is 1. The number of methoxy groups -OCH3 is 2. The van der Waals surface area contributed by atoms with Crippen molar-refractivity contribution >= 4 is 40.0 Å². The second-order valence-corrected chi connectivity index (χ2v) is 9.82. The van der Waals surface area contributed by atoms with E-state index in [4.69, 9.17) is 9.47 Å². The third kappa shape index (κ3) is 5.95. The van der Waals surface area contributed by atoms with E-state index in [9.17, 15) is 9.59 Å². The Morgan fingerprint density at radius 3 is 2.62 bits per heavy atom. The summed E-state index contributed by atoms with van der Waals surface area (Å²) in [5.41, 5.74) is 2.91. The molecule has 0 spiro atoms. The molecule has 1 aromatic carbocycles. The van der Waals surface area contributed by atoms with Crippen LogP contribution in [0.15, 0.2) is 65.8 Å². The molecule has 0 aliphatic heterocycles. The van der Waals surface area contributed by atoms with Crippen molar-refractivity contribution in [3.05, 3.63) is 77.7 Å². The summed E-state index contributed by atoms with van der Waals surface area (Å²) in [6.07, 6.45) is 4.37. The van der Waals surface area contributed by atoms with E-state index in [1.165, 1.54) is 30.2 Å². The maximum absolute atomic E-state index is 12.9. The van der Waals surface area contributed by atoms with E-state index in [1.807, 2.05) is 64.2 Å². The number of aromatic nitrogens is 4. The van der Waals surface area contributed by atoms with Crippen LogP contribution < -0.4 is 10.1 Å². The molecule has 3 heterocycles. The topological polar surface area (TPSA) is 100 Å². The largest absolute Gasteiger partial charge is 0.497 e. The van der Waals surface area contributed by atoms with Gasteiger partial charge < -0.3 is 23.9 Å². The van der Waals surface area contributed by atoms with Crippen LogP contribution in [0.2, 0.25) is 0 Å². The van der Waals surface area contributed by atoms with Crippen molar-refractivity contribution in [2.75, 3.05) is 25.3 Å². The molecule has 0 radical (unpaired) electrons. The van der Waals surface area contributed by atoms with Gasteiger partial charge >= 0.3 is 5.97 Å². The molecular weight excluding hydrogens is 510 g/mol. The zero-order valence-corrected chi connectivity index (χ0v) is 22.4. The molecule has 0 aliphatic carbocycles. The van der Waals surface area contributed by atoms with Crippen molar-refractivity contribution in [3.63, 3.8) is 0 Å². The number of carbonyl (C=O) groups is 2. The Hall–Kier alpha value is -3.83. The number of allylic oxidation sites excluding steroid dienone is 1. The molecule has 11 heteroatoms. The average Bonchev–Trinajstić information content (AvgIpc) is 3.62. The van der Waals surface area contributed by atoms with E-state index in [0.29, 0.717) is 40.0 Å². The molecule has 37 heavy (non-hydrogen) atoms. The highest BCUT2D eigenvalue weighted by Crippen LogP contribution is 2.37. The van der Waals surface area contributed by atoms with Crippen LogP contribution in [0.5, 0.6) is 5.75 Å². The fourth-order valence-corrected chi connectivity index (χ4v) is 5.48. The summed E-state index contributed by atoms with van der Waals surface area (Å²) in [5, 5.41) is 14.4. The number of thiophene rings is 1. The van der Waals surface area contributed by atoms with Gasteiger partial charge in [0.25, 0.3) is 0 Å². The van der Waals surface area contributed by atoms with Crippen molar-refractivity contribution in [1.29, 1.82) is 0 Å². The quantitative estimate of drug-likeness (QED) is 0.169. The summed E-state index contributed by atoms with van der Waals surface area (Å²) in [7, 11) is 4.89. The summed E-state index contributed by atoms with van der Waals surface area (Å²) < 4.78 is 14.2. The minimum atomic E-state index is -0.522. The van der Waals surface area contributed by atoms with Gasteiger partial charge in [-0.3, -0.25) is 4.79 Å². The number of hydrogen-bond acceptors (Lipinski definition) is 8. The highest BCUT2D eigenvalue weighted by Gasteiger charge is 2.23. The summed E-state index contributed by atoms with van der Waals surface area (Å²) >= 11 is 2.55. The maximum atomic E-state index is 12.9. The third-order valence-electron chi connectivity index (χ3n) is 5.66. The van der Waals surface area contributed by atoms with Crippen molar-refractivity contribution < 1.29 is 19.1 Å². The molecule has 0 unspecified atom stereocenters. The van der Waals surface area contributed by atoms with Crippen LogP contribution in [0.25, 0.3) is 11.1 Å². The lowest BCUT2D eigenvalue weighted by molar-refractivity contribution is -0.113. The van der Waals surface area contributed by atoms with Crippen molar-refractivity contribution in [1.82, 2.24) is 19.3 Å². The van der Waals surface area contributed by atoms with E-state index in [1.54, 1.807) is 13.2 Å². The molecule has 1 amide bonds. The fourth-order valence-electron chi connectivity index (χ4n) is 3.74. The maximum Gasteiger partial charge on any atom is 0.341 e. The van der Waals surface area contributed by atoms with E-state index in [2.05, 4.69) is 22.1 Å². The second kappa shape index (κ2) is 11.9. The normalized spacial score (nSPS) is 10.8. The minimum absolute atomic E-state index is 0.0931. The number of hydrogen-bond donors (Lipinski definition) is 1. The highest BCUT2D eigenvalue weighted by molar-refractivity contribution is 7.99. The molecule has 4 aromatic rings. The molecule has 0 atom stereocenters. The fraction of sp³-hybridized carbons (Fsp3) is 0.231. The Labute approximate surface area is 223 Å². The summed E-state index contributed by atoms with van der Waals surface area (Å²) in [5.74, 6) is 0.803. The predicted molar refractivity (Wildman–Crippen MR) is 145 cm³/mol. The molecular formula is C26H27N5O4S2. The van der Waals surface area contributed by atoms with E-state index in [-0.39, 0.29) is 11.7 Å². The summed E-state index contributed by atoms with van der Waals surface area (Å²) in [4.78, 5) is 25.5. The third-order valence-corrected chi connectivity index (χ3v) is 7.52. The van der Waals surface area contributed by atoms with E-state index in [0.717, 1.165) is 17.1 Å². The average molecular weight is 538 g/mol. The van der Waals surface area contributed by atoms with Gasteiger partial charge in [-0.25, -0.2) is 4.79 Å². The van der Waals surface area contributed by atoms with Crippen LogP contribution in [0.3, 0.4) is 0 Å². The molecule has 0 aliphatic rings. The monoisotopic (exact) mass is 537 g/mol. The number of carbonyl (C=O) groups excluding carboxylic acids is 2. The standard InChI is InChI=1S/C26H27N5O4S2/c1-5-12-31-21(14-18-7-6-13-30(18)2)28-29-26(31)37-16-22(32)27-24-23(25(33)35-4)20(15-36-24)17-8-10-19(34-3)11-9-17/h5-11,13,15H,1,12,14,16H2,2-4H3,(H,27,32). The predicted octanol–water partition coefficient (Wildman–Crippen LogP) is 4.65. The molecule has 0 bridgehead atoms. The first kappa shape index (κ1) is 26.2. The molecule has 0 saturated heterocycles. The number of amides is 1. The Morgan fingerprint density at radius 2 is 1.97 bits per heavy atom. The van der Waals surface area contributed by atoms with Crippen LogP contribution >= 0.6 is 23.1 Å². The van der Waals surface area contributed by atoms with Gasteiger partial charge in [0, 0.05) is 42.8 Å². The van der Waals surface area contributed by atoms with Gasteiger partial charge in [-0.05, 0) is 29.8 Å². The first-order valence-electron chi connectivity index (χ1n) is 11.3. The number of esters is 1. The van der Waals surface area contributed by atoms with Gasteiger partial charge in [-0.1, -0.05) is 30.0 Å². The molecule has 1 N–H and O–H groups in total. The number of aryl methyl sites for hydroxylation is 1.